The van der Waals surface area contributed by atoms with E-state index in [9.17, 15) is 9.59 Å². The van der Waals surface area contributed by atoms with Crippen molar-refractivity contribution in [2.45, 2.75) is 51.9 Å². The van der Waals surface area contributed by atoms with Crippen LogP contribution in [-0.2, 0) is 11.3 Å². The van der Waals surface area contributed by atoms with Crippen LogP contribution in [0.15, 0.2) is 84.9 Å². The Kier molecular flexibility index (Phi) is 11.2. The molecule has 42 heavy (non-hydrogen) atoms. The van der Waals surface area contributed by atoms with Crippen molar-refractivity contribution in [2.24, 2.45) is 0 Å². The monoisotopic (exact) mass is 571 g/mol. The summed E-state index contributed by atoms with van der Waals surface area (Å²) in [5.41, 5.74) is 2.53. The maximum Gasteiger partial charge on any atom is 0.410 e. The topological polar surface area (TPSA) is 62.3 Å². The first-order chi connectivity index (χ1) is 20.2. The zero-order chi connectivity index (χ0) is 30.0. The van der Waals surface area contributed by atoms with Gasteiger partial charge in [-0.15, -0.1) is 0 Å². The molecule has 0 N–H and O–H groups in total. The number of carbonyl (C=O) groups excluding carboxylic acids is 2. The van der Waals surface area contributed by atoms with Gasteiger partial charge in [-0.2, -0.15) is 0 Å². The van der Waals surface area contributed by atoms with Crippen LogP contribution < -0.4 is 4.74 Å². The van der Waals surface area contributed by atoms with Crippen LogP contribution >= 0.6 is 0 Å². The van der Waals surface area contributed by atoms with E-state index in [0.717, 1.165) is 44.8 Å². The SMILES string of the molecule is CN(CCC(Oc1ccc(C(=O)CCN2CCN(Cc3ccccc3)CC2)cc1)c1ccccc1)C(=O)OC(C)(C)C. The standard InChI is InChI=1S/C35H45N3O4/c1-35(2,3)42-34(40)36(4)21-20-33(30-13-9-6-10-14-30)41-31-17-15-29(16-18-31)32(39)19-22-37-23-25-38(26-24-37)27-28-11-7-5-8-12-28/h5-18,33H,19-27H2,1-4H3. The number of benzene rings is 3. The highest BCUT2D eigenvalue weighted by atomic mass is 16.6. The van der Waals surface area contributed by atoms with Crippen LogP contribution in [0.5, 0.6) is 5.75 Å². The van der Waals surface area contributed by atoms with Crippen molar-refractivity contribution in [3.05, 3.63) is 102 Å². The molecule has 1 aliphatic rings. The third-order valence-corrected chi connectivity index (χ3v) is 7.43. The number of carbonyl (C=O) groups is 2. The largest absolute Gasteiger partial charge is 0.486 e. The molecular weight excluding hydrogens is 526 g/mol. The Hall–Kier alpha value is -3.68. The maximum atomic E-state index is 13.0. The molecule has 4 rings (SSSR count). The predicted molar refractivity (Wildman–Crippen MR) is 167 cm³/mol. The van der Waals surface area contributed by atoms with Crippen molar-refractivity contribution < 1.29 is 19.1 Å². The Morgan fingerprint density at radius 2 is 1.43 bits per heavy atom. The average molecular weight is 572 g/mol. The maximum absolute atomic E-state index is 13.0. The molecule has 7 nitrogen and oxygen atoms in total. The number of ether oxygens (including phenoxy) is 2. The first-order valence-corrected chi connectivity index (χ1v) is 14.9. The van der Waals surface area contributed by atoms with Gasteiger partial charge in [-0.05, 0) is 56.2 Å². The molecule has 1 heterocycles. The molecule has 0 aromatic heterocycles. The lowest BCUT2D eigenvalue weighted by Gasteiger charge is -2.34. The molecule has 1 amide bonds. The number of hydrogen-bond donors (Lipinski definition) is 0. The summed E-state index contributed by atoms with van der Waals surface area (Å²) in [6.07, 6.45) is 0.492. The third-order valence-electron chi connectivity index (χ3n) is 7.43. The second-order valence-electron chi connectivity index (χ2n) is 12.0. The molecule has 0 spiro atoms. The molecular formula is C35H45N3O4. The minimum absolute atomic E-state index is 0.145. The van der Waals surface area contributed by atoms with Crippen LogP contribution in [0.1, 0.15) is 61.2 Å². The van der Waals surface area contributed by atoms with E-state index >= 15 is 0 Å². The zero-order valence-electron chi connectivity index (χ0n) is 25.5. The number of hydrogen-bond acceptors (Lipinski definition) is 6. The van der Waals surface area contributed by atoms with Crippen LogP contribution in [-0.4, -0.2) is 78.5 Å². The summed E-state index contributed by atoms with van der Waals surface area (Å²) < 4.78 is 11.9. The summed E-state index contributed by atoms with van der Waals surface area (Å²) in [6, 6.07) is 28.0. The molecule has 1 saturated heterocycles. The van der Waals surface area contributed by atoms with Crippen molar-refractivity contribution in [3.8, 4) is 5.75 Å². The summed E-state index contributed by atoms with van der Waals surface area (Å²) >= 11 is 0. The highest BCUT2D eigenvalue weighted by Crippen LogP contribution is 2.26. The van der Waals surface area contributed by atoms with Gasteiger partial charge >= 0.3 is 6.09 Å². The fraction of sp³-hybridized carbons (Fsp3) is 0.429. The van der Waals surface area contributed by atoms with Crippen LogP contribution in [0.2, 0.25) is 0 Å². The van der Waals surface area contributed by atoms with E-state index in [2.05, 4.69) is 40.1 Å². The van der Waals surface area contributed by atoms with Crippen molar-refractivity contribution >= 4 is 11.9 Å². The van der Waals surface area contributed by atoms with Gasteiger partial charge in [0.1, 0.15) is 17.5 Å². The molecule has 0 saturated carbocycles. The molecule has 0 radical (unpaired) electrons. The second-order valence-corrected chi connectivity index (χ2v) is 12.0. The normalized spacial score (nSPS) is 15.1. The van der Waals surface area contributed by atoms with E-state index in [-0.39, 0.29) is 18.0 Å². The van der Waals surface area contributed by atoms with Gasteiger partial charge in [0.05, 0.1) is 0 Å². The smallest absolute Gasteiger partial charge is 0.410 e. The molecule has 1 aliphatic heterocycles. The Morgan fingerprint density at radius 3 is 2.05 bits per heavy atom. The fourth-order valence-corrected chi connectivity index (χ4v) is 5.00. The lowest BCUT2D eigenvalue weighted by atomic mass is 10.1. The molecule has 0 bridgehead atoms. The van der Waals surface area contributed by atoms with Gasteiger partial charge in [-0.3, -0.25) is 9.69 Å². The van der Waals surface area contributed by atoms with Gasteiger partial charge in [-0.25, -0.2) is 4.79 Å². The van der Waals surface area contributed by atoms with E-state index in [0.29, 0.717) is 30.7 Å². The van der Waals surface area contributed by atoms with Gasteiger partial charge in [-0.1, -0.05) is 60.7 Å². The van der Waals surface area contributed by atoms with Crippen LogP contribution in [0.25, 0.3) is 0 Å². The zero-order valence-corrected chi connectivity index (χ0v) is 25.5. The first kappa shape index (κ1) is 31.3. The summed E-state index contributed by atoms with van der Waals surface area (Å²) in [5.74, 6) is 0.835. The molecule has 1 atom stereocenters. The van der Waals surface area contributed by atoms with E-state index in [1.807, 2.05) is 75.4 Å². The highest BCUT2D eigenvalue weighted by Gasteiger charge is 2.22. The van der Waals surface area contributed by atoms with Gasteiger partial charge < -0.3 is 19.3 Å². The summed E-state index contributed by atoms with van der Waals surface area (Å²) in [5, 5.41) is 0. The van der Waals surface area contributed by atoms with Crippen molar-refractivity contribution in [2.75, 3.05) is 46.3 Å². The quantitative estimate of drug-likeness (QED) is 0.233. The van der Waals surface area contributed by atoms with Crippen molar-refractivity contribution in [1.82, 2.24) is 14.7 Å². The van der Waals surface area contributed by atoms with Crippen molar-refractivity contribution in [1.29, 1.82) is 0 Å². The second kappa shape index (κ2) is 15.0. The van der Waals surface area contributed by atoms with E-state index in [1.54, 1.807) is 11.9 Å². The number of rotatable bonds is 12. The van der Waals surface area contributed by atoms with E-state index < -0.39 is 5.60 Å². The van der Waals surface area contributed by atoms with Gasteiger partial charge in [0.25, 0.3) is 0 Å². The van der Waals surface area contributed by atoms with Gasteiger partial charge in [0, 0.05) is 71.3 Å². The third kappa shape index (κ3) is 10.00. The molecule has 1 unspecified atom stereocenters. The molecule has 224 valence electrons. The summed E-state index contributed by atoms with van der Waals surface area (Å²) in [6.45, 7) is 11.8. The van der Waals surface area contributed by atoms with Crippen LogP contribution in [0.3, 0.4) is 0 Å². The van der Waals surface area contributed by atoms with Gasteiger partial charge in [0.2, 0.25) is 0 Å². The Bertz CT molecular complexity index is 1250. The predicted octanol–water partition coefficient (Wildman–Crippen LogP) is 6.45. The number of ketones is 1. The minimum atomic E-state index is -0.544. The minimum Gasteiger partial charge on any atom is -0.486 e. The Balaban J connectivity index is 1.26. The van der Waals surface area contributed by atoms with Crippen LogP contribution in [0.4, 0.5) is 4.79 Å². The molecule has 1 fully saturated rings. The lowest BCUT2D eigenvalue weighted by molar-refractivity contribution is 0.0278. The molecule has 0 aliphatic carbocycles. The van der Waals surface area contributed by atoms with Crippen molar-refractivity contribution in [3.63, 3.8) is 0 Å². The van der Waals surface area contributed by atoms with E-state index in [1.165, 1.54) is 5.56 Å². The Morgan fingerprint density at radius 1 is 0.833 bits per heavy atom. The number of piperazine rings is 1. The fourth-order valence-electron chi connectivity index (χ4n) is 5.00. The lowest BCUT2D eigenvalue weighted by Crippen LogP contribution is -2.46. The molecule has 3 aromatic rings. The summed E-state index contributed by atoms with van der Waals surface area (Å²) in [4.78, 5) is 31.8. The summed E-state index contributed by atoms with van der Waals surface area (Å²) in [7, 11) is 1.74. The van der Waals surface area contributed by atoms with Gasteiger partial charge in [0.15, 0.2) is 5.78 Å². The van der Waals surface area contributed by atoms with Crippen LogP contribution in [0, 0.1) is 0 Å². The number of Topliss-reactive ketones (excluding diaryl/α,β-unsaturated/α-hetero) is 1. The number of amides is 1. The molecule has 7 heteroatoms. The Labute approximate surface area is 251 Å². The average Bonchev–Trinajstić information content (AvgIpc) is 2.99. The van der Waals surface area contributed by atoms with E-state index in [4.69, 9.17) is 9.47 Å². The number of nitrogens with zero attached hydrogens (tertiary/aromatic N) is 3. The molecule has 3 aromatic carbocycles. The highest BCUT2D eigenvalue weighted by molar-refractivity contribution is 5.96. The first-order valence-electron chi connectivity index (χ1n) is 14.9.